The first-order valence-electron chi connectivity index (χ1n) is 6.86. The minimum atomic E-state index is -0.663. The summed E-state index contributed by atoms with van der Waals surface area (Å²) in [7, 11) is 0. The van der Waals surface area contributed by atoms with Gasteiger partial charge >= 0.3 is 0 Å². The molecule has 0 spiro atoms. The summed E-state index contributed by atoms with van der Waals surface area (Å²) in [5.41, 5.74) is 5.34. The van der Waals surface area contributed by atoms with Gasteiger partial charge in [0.25, 0.3) is 0 Å². The zero-order chi connectivity index (χ0) is 15.3. The van der Waals surface area contributed by atoms with Crippen molar-refractivity contribution in [3.63, 3.8) is 0 Å². The molecule has 0 bridgehead atoms. The van der Waals surface area contributed by atoms with E-state index in [1.54, 1.807) is 6.92 Å². The summed E-state index contributed by atoms with van der Waals surface area (Å²) in [5.74, 6) is -1.49. The normalized spacial score (nSPS) is 13.1. The van der Waals surface area contributed by atoms with Crippen molar-refractivity contribution in [1.82, 2.24) is 5.32 Å². The second-order valence-corrected chi connectivity index (χ2v) is 5.05. The molecule has 0 radical (unpaired) electrons. The fraction of sp³-hybridized carbons (Fsp3) is 0.533. The summed E-state index contributed by atoms with van der Waals surface area (Å²) in [5, 5.41) is 2.77. The van der Waals surface area contributed by atoms with E-state index in [2.05, 4.69) is 5.32 Å². The Hall–Kier alpha value is -1.49. The van der Waals surface area contributed by atoms with E-state index in [-0.39, 0.29) is 18.0 Å². The molecule has 3 N–H and O–H groups in total. The van der Waals surface area contributed by atoms with Crippen LogP contribution in [-0.2, 0) is 4.79 Å². The van der Waals surface area contributed by atoms with Crippen LogP contribution < -0.4 is 11.1 Å². The highest BCUT2D eigenvalue weighted by molar-refractivity contribution is 5.83. The molecule has 0 aliphatic heterocycles. The molecule has 0 aromatic heterocycles. The van der Waals surface area contributed by atoms with Crippen LogP contribution in [-0.4, -0.2) is 12.5 Å². The average molecular weight is 284 g/mol. The third-order valence-electron chi connectivity index (χ3n) is 4.00. The summed E-state index contributed by atoms with van der Waals surface area (Å²) in [6.45, 7) is 5.71. The molecule has 1 atom stereocenters. The van der Waals surface area contributed by atoms with Crippen molar-refractivity contribution in [1.29, 1.82) is 0 Å². The van der Waals surface area contributed by atoms with E-state index in [0.717, 1.165) is 6.07 Å². The Labute approximate surface area is 118 Å². The van der Waals surface area contributed by atoms with Crippen molar-refractivity contribution in [2.75, 3.05) is 6.54 Å². The molecule has 0 fully saturated rings. The number of nitrogens with two attached hydrogens (primary N) is 1. The van der Waals surface area contributed by atoms with E-state index in [1.807, 2.05) is 13.8 Å². The molecule has 0 aliphatic carbocycles. The van der Waals surface area contributed by atoms with Crippen LogP contribution in [0.15, 0.2) is 18.2 Å². The Morgan fingerprint density at radius 1 is 1.35 bits per heavy atom. The number of rotatable bonds is 6. The maximum atomic E-state index is 13.7. The first-order valence-corrected chi connectivity index (χ1v) is 6.86. The van der Waals surface area contributed by atoms with E-state index < -0.39 is 23.1 Å². The van der Waals surface area contributed by atoms with E-state index in [1.165, 1.54) is 12.1 Å². The Bertz CT molecular complexity index is 465. The Balaban J connectivity index is 2.89. The number of carbonyl (C=O) groups excluding carboxylic acids is 1. The maximum absolute atomic E-state index is 13.7. The molecule has 0 unspecified atom stereocenters. The molecule has 1 aromatic carbocycles. The first kappa shape index (κ1) is 16.6. The minimum absolute atomic E-state index is 0.193. The predicted octanol–water partition coefficient (Wildman–Crippen LogP) is 2.91. The van der Waals surface area contributed by atoms with Gasteiger partial charge in [-0.05, 0) is 25.8 Å². The van der Waals surface area contributed by atoms with E-state index in [9.17, 15) is 13.6 Å². The molecule has 0 heterocycles. The fourth-order valence-corrected chi connectivity index (χ4v) is 2.23. The number of carbonyl (C=O) groups is 1. The molecule has 0 aliphatic rings. The lowest BCUT2D eigenvalue weighted by Crippen LogP contribution is -2.46. The molecule has 3 nitrogen and oxygen atoms in total. The monoisotopic (exact) mass is 284 g/mol. The zero-order valence-electron chi connectivity index (χ0n) is 12.2. The SMILES string of the molecule is CCC(CC)(CN)C(=O)N[C@H](C)c1ccc(F)cc1F. The van der Waals surface area contributed by atoms with Crippen molar-refractivity contribution in [2.45, 2.75) is 39.7 Å². The molecule has 5 heteroatoms. The Morgan fingerprint density at radius 3 is 2.40 bits per heavy atom. The van der Waals surface area contributed by atoms with E-state index >= 15 is 0 Å². The molecule has 1 rings (SSSR count). The summed E-state index contributed by atoms with van der Waals surface area (Å²) in [6, 6.07) is 2.80. The minimum Gasteiger partial charge on any atom is -0.349 e. The van der Waals surface area contributed by atoms with Crippen LogP contribution in [0.2, 0.25) is 0 Å². The van der Waals surface area contributed by atoms with Gasteiger partial charge in [-0.1, -0.05) is 19.9 Å². The van der Waals surface area contributed by atoms with Gasteiger partial charge in [0, 0.05) is 18.2 Å². The Kier molecular flexibility index (Phi) is 5.62. The highest BCUT2D eigenvalue weighted by Crippen LogP contribution is 2.27. The summed E-state index contributed by atoms with van der Waals surface area (Å²) in [6.07, 6.45) is 1.23. The quantitative estimate of drug-likeness (QED) is 0.844. The largest absolute Gasteiger partial charge is 0.349 e. The third-order valence-corrected chi connectivity index (χ3v) is 4.00. The Morgan fingerprint density at radius 2 is 1.95 bits per heavy atom. The van der Waals surface area contributed by atoms with Gasteiger partial charge in [-0.2, -0.15) is 0 Å². The molecule has 20 heavy (non-hydrogen) atoms. The van der Waals surface area contributed by atoms with Crippen LogP contribution in [0.4, 0.5) is 8.78 Å². The van der Waals surface area contributed by atoms with Gasteiger partial charge in [-0.15, -0.1) is 0 Å². The van der Waals surface area contributed by atoms with E-state index in [4.69, 9.17) is 5.73 Å². The predicted molar refractivity (Wildman–Crippen MR) is 75.0 cm³/mol. The van der Waals surface area contributed by atoms with Crippen molar-refractivity contribution in [3.8, 4) is 0 Å². The van der Waals surface area contributed by atoms with Gasteiger partial charge in [-0.25, -0.2) is 8.78 Å². The maximum Gasteiger partial charge on any atom is 0.227 e. The summed E-state index contributed by atoms with van der Waals surface area (Å²) < 4.78 is 26.6. The van der Waals surface area contributed by atoms with Crippen LogP contribution >= 0.6 is 0 Å². The first-order chi connectivity index (χ1) is 9.40. The van der Waals surface area contributed by atoms with Crippen LogP contribution in [0.5, 0.6) is 0 Å². The van der Waals surface area contributed by atoms with Crippen LogP contribution in [0.3, 0.4) is 0 Å². The topological polar surface area (TPSA) is 55.1 Å². The number of amides is 1. The van der Waals surface area contributed by atoms with Gasteiger partial charge in [0.2, 0.25) is 5.91 Å². The molecule has 0 saturated carbocycles. The van der Waals surface area contributed by atoms with Gasteiger partial charge < -0.3 is 11.1 Å². The van der Waals surface area contributed by atoms with Gasteiger partial charge in [0.15, 0.2) is 0 Å². The molecule has 1 amide bonds. The molecule has 1 aromatic rings. The van der Waals surface area contributed by atoms with E-state index in [0.29, 0.717) is 12.8 Å². The van der Waals surface area contributed by atoms with Gasteiger partial charge in [-0.3, -0.25) is 4.79 Å². The summed E-state index contributed by atoms with van der Waals surface area (Å²) >= 11 is 0. The lowest BCUT2D eigenvalue weighted by atomic mass is 9.81. The standard InChI is InChI=1S/C15H22F2N2O/c1-4-15(5-2,9-18)14(20)19-10(3)12-7-6-11(16)8-13(12)17/h6-8,10H,4-5,9,18H2,1-3H3,(H,19,20)/t10-/m1/s1. The molecular formula is C15H22F2N2O. The second-order valence-electron chi connectivity index (χ2n) is 5.05. The molecule has 112 valence electrons. The molecule has 0 saturated heterocycles. The van der Waals surface area contributed by atoms with Crippen LogP contribution in [0.1, 0.15) is 45.2 Å². The smallest absolute Gasteiger partial charge is 0.227 e. The second kappa shape index (κ2) is 6.79. The highest BCUT2D eigenvalue weighted by Gasteiger charge is 2.34. The number of hydrogen-bond donors (Lipinski definition) is 2. The van der Waals surface area contributed by atoms with Crippen LogP contribution in [0.25, 0.3) is 0 Å². The number of nitrogens with one attached hydrogen (secondary N) is 1. The van der Waals surface area contributed by atoms with Crippen molar-refractivity contribution >= 4 is 5.91 Å². The fourth-order valence-electron chi connectivity index (χ4n) is 2.23. The summed E-state index contributed by atoms with van der Waals surface area (Å²) in [4.78, 5) is 12.3. The van der Waals surface area contributed by atoms with Crippen molar-refractivity contribution < 1.29 is 13.6 Å². The number of benzene rings is 1. The third kappa shape index (κ3) is 3.33. The zero-order valence-corrected chi connectivity index (χ0v) is 12.2. The van der Waals surface area contributed by atoms with Crippen molar-refractivity contribution in [3.05, 3.63) is 35.4 Å². The number of hydrogen-bond acceptors (Lipinski definition) is 2. The van der Waals surface area contributed by atoms with Crippen LogP contribution in [0, 0.1) is 17.0 Å². The van der Waals surface area contributed by atoms with Crippen molar-refractivity contribution in [2.24, 2.45) is 11.1 Å². The lowest BCUT2D eigenvalue weighted by molar-refractivity contribution is -0.131. The molecular weight excluding hydrogens is 262 g/mol. The van der Waals surface area contributed by atoms with Gasteiger partial charge in [0.05, 0.1) is 11.5 Å². The average Bonchev–Trinajstić information content (AvgIpc) is 2.41. The van der Waals surface area contributed by atoms with Gasteiger partial charge in [0.1, 0.15) is 11.6 Å². The number of halogens is 2. The lowest BCUT2D eigenvalue weighted by Gasteiger charge is -2.30. The highest BCUT2D eigenvalue weighted by atomic mass is 19.1.